The number of rotatable bonds is 5. The molecule has 1 aromatic rings. The highest BCUT2D eigenvalue weighted by molar-refractivity contribution is 6.42. The lowest BCUT2D eigenvalue weighted by atomic mass is 10.1. The molecule has 0 aliphatic carbocycles. The minimum absolute atomic E-state index is 0.0163. The van der Waals surface area contributed by atoms with E-state index in [1.54, 1.807) is 17.0 Å². The van der Waals surface area contributed by atoms with Gasteiger partial charge in [-0.05, 0) is 24.1 Å². The van der Waals surface area contributed by atoms with Crippen LogP contribution in [0.25, 0.3) is 0 Å². The van der Waals surface area contributed by atoms with Gasteiger partial charge in [-0.3, -0.25) is 4.79 Å². The monoisotopic (exact) mass is 317 g/mol. The van der Waals surface area contributed by atoms with Crippen LogP contribution in [-0.4, -0.2) is 42.3 Å². The number of aliphatic hydroxyl groups is 1. The normalized spacial score (nSPS) is 18.2. The van der Waals surface area contributed by atoms with E-state index in [4.69, 9.17) is 33.0 Å². The van der Waals surface area contributed by atoms with Crippen molar-refractivity contribution in [2.75, 3.05) is 26.4 Å². The van der Waals surface area contributed by atoms with Gasteiger partial charge in [0.1, 0.15) is 0 Å². The van der Waals surface area contributed by atoms with Crippen molar-refractivity contribution >= 4 is 29.1 Å². The third-order valence-electron chi connectivity index (χ3n) is 3.32. The first-order valence-electron chi connectivity index (χ1n) is 6.53. The Hall–Kier alpha value is -0.810. The summed E-state index contributed by atoms with van der Waals surface area (Å²) in [7, 11) is 0. The zero-order valence-electron chi connectivity index (χ0n) is 11.0. The second kappa shape index (κ2) is 7.27. The number of benzene rings is 1. The van der Waals surface area contributed by atoms with E-state index >= 15 is 0 Å². The fourth-order valence-electron chi connectivity index (χ4n) is 2.23. The highest BCUT2D eigenvalue weighted by atomic mass is 35.5. The quantitative estimate of drug-likeness (QED) is 0.907. The zero-order valence-corrected chi connectivity index (χ0v) is 12.5. The minimum Gasteiger partial charge on any atom is -0.395 e. The smallest absolute Gasteiger partial charge is 0.228 e. The molecule has 1 aromatic carbocycles. The Kier molecular flexibility index (Phi) is 5.66. The summed E-state index contributed by atoms with van der Waals surface area (Å²) in [6.45, 7) is 1.72. The molecule has 6 heteroatoms. The van der Waals surface area contributed by atoms with E-state index in [1.165, 1.54) is 0 Å². The van der Waals surface area contributed by atoms with E-state index in [0.717, 1.165) is 12.0 Å². The fourth-order valence-corrected chi connectivity index (χ4v) is 2.55. The van der Waals surface area contributed by atoms with Crippen LogP contribution in [-0.2, 0) is 16.1 Å². The zero-order chi connectivity index (χ0) is 14.5. The summed E-state index contributed by atoms with van der Waals surface area (Å²) in [5.41, 5.74) is 0.889. The Balaban J connectivity index is 2.07. The molecule has 0 bridgehead atoms. The van der Waals surface area contributed by atoms with Crippen molar-refractivity contribution in [2.24, 2.45) is 5.92 Å². The summed E-state index contributed by atoms with van der Waals surface area (Å²) in [4.78, 5) is 14.0. The van der Waals surface area contributed by atoms with Gasteiger partial charge in [-0.25, -0.2) is 0 Å². The molecule has 0 aromatic heterocycles. The highest BCUT2D eigenvalue weighted by Crippen LogP contribution is 2.24. The maximum absolute atomic E-state index is 12.4. The highest BCUT2D eigenvalue weighted by Gasteiger charge is 2.27. The molecule has 2 rings (SSSR count). The van der Waals surface area contributed by atoms with Crippen molar-refractivity contribution in [2.45, 2.75) is 13.0 Å². The SMILES string of the molecule is O=C([C@@H]1CCOC1)N(CCO)Cc1ccc(Cl)c(Cl)c1. The first-order valence-corrected chi connectivity index (χ1v) is 7.28. The van der Waals surface area contributed by atoms with Crippen LogP contribution in [0.5, 0.6) is 0 Å². The Morgan fingerprint density at radius 2 is 2.20 bits per heavy atom. The molecule has 0 unspecified atom stereocenters. The van der Waals surface area contributed by atoms with Crippen molar-refractivity contribution < 1.29 is 14.6 Å². The van der Waals surface area contributed by atoms with E-state index in [-0.39, 0.29) is 18.4 Å². The second-order valence-electron chi connectivity index (χ2n) is 4.79. The maximum Gasteiger partial charge on any atom is 0.228 e. The van der Waals surface area contributed by atoms with Crippen LogP contribution >= 0.6 is 23.2 Å². The van der Waals surface area contributed by atoms with Gasteiger partial charge in [0.05, 0.1) is 29.2 Å². The van der Waals surface area contributed by atoms with Crippen LogP contribution in [0.4, 0.5) is 0 Å². The van der Waals surface area contributed by atoms with E-state index < -0.39 is 0 Å². The molecular formula is C14H17Cl2NO3. The molecule has 1 saturated heterocycles. The number of hydrogen-bond acceptors (Lipinski definition) is 3. The largest absolute Gasteiger partial charge is 0.395 e. The lowest BCUT2D eigenvalue weighted by molar-refractivity contribution is -0.136. The number of carbonyl (C=O) groups excluding carboxylic acids is 1. The van der Waals surface area contributed by atoms with E-state index in [9.17, 15) is 4.79 Å². The summed E-state index contributed by atoms with van der Waals surface area (Å²) < 4.78 is 5.24. The van der Waals surface area contributed by atoms with Gasteiger partial charge in [0.25, 0.3) is 0 Å². The average molecular weight is 318 g/mol. The fraction of sp³-hybridized carbons (Fsp3) is 0.500. The molecule has 1 heterocycles. The second-order valence-corrected chi connectivity index (χ2v) is 5.61. The standard InChI is InChI=1S/C14H17Cl2NO3/c15-12-2-1-10(7-13(12)16)8-17(4-5-18)14(19)11-3-6-20-9-11/h1-2,7,11,18H,3-6,8-9H2/t11-/m1/s1. The molecule has 0 saturated carbocycles. The predicted molar refractivity (Wildman–Crippen MR) is 77.9 cm³/mol. The summed E-state index contributed by atoms with van der Waals surface area (Å²) in [5, 5.41) is 10.1. The predicted octanol–water partition coefficient (Wildman–Crippen LogP) is 2.35. The van der Waals surface area contributed by atoms with Crippen molar-refractivity contribution in [1.29, 1.82) is 0 Å². The number of hydrogen-bond donors (Lipinski definition) is 1. The molecule has 1 fully saturated rings. The van der Waals surface area contributed by atoms with Crippen molar-refractivity contribution in [3.8, 4) is 0 Å². The lowest BCUT2D eigenvalue weighted by Gasteiger charge is -2.24. The molecule has 1 aliphatic rings. The van der Waals surface area contributed by atoms with Gasteiger partial charge in [0.2, 0.25) is 5.91 Å². The molecule has 0 radical (unpaired) electrons. The molecule has 1 aliphatic heterocycles. The van der Waals surface area contributed by atoms with Crippen molar-refractivity contribution in [3.05, 3.63) is 33.8 Å². The number of nitrogens with zero attached hydrogens (tertiary/aromatic N) is 1. The number of aliphatic hydroxyl groups excluding tert-OH is 1. The van der Waals surface area contributed by atoms with Gasteiger partial charge in [-0.1, -0.05) is 29.3 Å². The first-order chi connectivity index (χ1) is 9.61. The molecule has 1 N–H and O–H groups in total. The Bertz CT molecular complexity index is 475. The van der Waals surface area contributed by atoms with Gasteiger partial charge in [-0.15, -0.1) is 0 Å². The maximum atomic E-state index is 12.4. The van der Waals surface area contributed by atoms with Crippen LogP contribution in [0.2, 0.25) is 10.0 Å². The average Bonchev–Trinajstić information content (AvgIpc) is 2.95. The van der Waals surface area contributed by atoms with Crippen molar-refractivity contribution in [1.82, 2.24) is 4.90 Å². The molecule has 4 nitrogen and oxygen atoms in total. The minimum atomic E-state index is -0.107. The molecule has 1 amide bonds. The van der Waals surface area contributed by atoms with Gasteiger partial charge in [0, 0.05) is 19.7 Å². The van der Waals surface area contributed by atoms with Crippen LogP contribution in [0, 0.1) is 5.92 Å². The molecule has 0 spiro atoms. The Morgan fingerprint density at radius 1 is 1.40 bits per heavy atom. The Morgan fingerprint density at radius 3 is 2.80 bits per heavy atom. The van der Waals surface area contributed by atoms with Gasteiger partial charge < -0.3 is 14.7 Å². The van der Waals surface area contributed by atoms with E-state index in [0.29, 0.717) is 36.3 Å². The summed E-state index contributed by atoms with van der Waals surface area (Å²) >= 11 is 11.9. The van der Waals surface area contributed by atoms with Gasteiger partial charge in [0.15, 0.2) is 0 Å². The number of carbonyl (C=O) groups is 1. The number of halogens is 2. The van der Waals surface area contributed by atoms with Crippen LogP contribution in [0.15, 0.2) is 18.2 Å². The molecule has 110 valence electrons. The lowest BCUT2D eigenvalue weighted by Crippen LogP contribution is -2.37. The molecular weight excluding hydrogens is 301 g/mol. The van der Waals surface area contributed by atoms with Crippen LogP contribution in [0.3, 0.4) is 0 Å². The van der Waals surface area contributed by atoms with Crippen LogP contribution < -0.4 is 0 Å². The van der Waals surface area contributed by atoms with E-state index in [2.05, 4.69) is 0 Å². The third kappa shape index (κ3) is 3.85. The van der Waals surface area contributed by atoms with Gasteiger partial charge >= 0.3 is 0 Å². The molecule has 20 heavy (non-hydrogen) atoms. The topological polar surface area (TPSA) is 49.8 Å². The number of amides is 1. The third-order valence-corrected chi connectivity index (χ3v) is 4.06. The molecule has 1 atom stereocenters. The first kappa shape index (κ1) is 15.6. The summed E-state index contributed by atoms with van der Waals surface area (Å²) in [6.07, 6.45) is 0.738. The van der Waals surface area contributed by atoms with Crippen LogP contribution in [0.1, 0.15) is 12.0 Å². The Labute approximate surface area is 128 Å². The van der Waals surface area contributed by atoms with Gasteiger partial charge in [-0.2, -0.15) is 0 Å². The summed E-state index contributed by atoms with van der Waals surface area (Å²) in [6, 6.07) is 5.28. The number of ether oxygens (including phenoxy) is 1. The van der Waals surface area contributed by atoms with Crippen molar-refractivity contribution in [3.63, 3.8) is 0 Å². The van der Waals surface area contributed by atoms with E-state index in [1.807, 2.05) is 6.07 Å². The summed E-state index contributed by atoms with van der Waals surface area (Å²) in [5.74, 6) is -0.0908.